The van der Waals surface area contributed by atoms with Gasteiger partial charge in [0.2, 0.25) is 0 Å². The lowest BCUT2D eigenvalue weighted by atomic mass is 9.69. The fourth-order valence-electron chi connectivity index (χ4n) is 7.18. The molecule has 1 nitrogen and oxygen atoms in total. The average Bonchev–Trinajstić information content (AvgIpc) is 3.04. The fourth-order valence-corrected chi connectivity index (χ4v) is 7.18. The standard InChI is InChI=1S/C21H13F7O.C18H32/c1-2-11-3-5-12(6-4-11)13-7-15(22)19(16(23)8-13)21(27,28)29-14-9-17(24)20(26)18(25)10-14;1-3-5-15-7-11-17(12-8-15)18-13-9-16(6-4-2)10-14-18/h3-10H,2H2,1H3;3,5,15-18H,4,6-14H2,1-2H3/b;5-3+. The monoisotopic (exact) mass is 662 g/mol. The van der Waals surface area contributed by atoms with Gasteiger partial charge in [-0.15, -0.1) is 0 Å². The fraction of sp³-hybridized carbons (Fsp3) is 0.487. The Balaban J connectivity index is 0.000000238. The topological polar surface area (TPSA) is 9.23 Å². The van der Waals surface area contributed by atoms with Crippen LogP contribution in [0.4, 0.5) is 30.7 Å². The van der Waals surface area contributed by atoms with E-state index in [-0.39, 0.29) is 17.7 Å². The van der Waals surface area contributed by atoms with Crippen molar-refractivity contribution in [2.45, 2.75) is 97.5 Å². The summed E-state index contributed by atoms with van der Waals surface area (Å²) in [6, 6.07) is 8.32. The van der Waals surface area contributed by atoms with Gasteiger partial charge < -0.3 is 4.74 Å². The van der Waals surface area contributed by atoms with E-state index in [1.165, 1.54) is 51.4 Å². The zero-order valence-corrected chi connectivity index (χ0v) is 27.4. The van der Waals surface area contributed by atoms with Crippen LogP contribution in [0.5, 0.6) is 5.75 Å². The molecule has 0 aromatic heterocycles. The number of alkyl halides is 2. The first-order chi connectivity index (χ1) is 22.4. The summed E-state index contributed by atoms with van der Waals surface area (Å²) in [4.78, 5) is 0. The summed E-state index contributed by atoms with van der Waals surface area (Å²) in [7, 11) is 0. The van der Waals surface area contributed by atoms with Gasteiger partial charge in [-0.05, 0) is 104 Å². The van der Waals surface area contributed by atoms with Crippen LogP contribution in [0.2, 0.25) is 0 Å². The van der Waals surface area contributed by atoms with Crippen molar-refractivity contribution in [3.63, 3.8) is 0 Å². The molecule has 2 saturated carbocycles. The van der Waals surface area contributed by atoms with Gasteiger partial charge in [0, 0.05) is 12.1 Å². The number of hydrogen-bond donors (Lipinski definition) is 0. The van der Waals surface area contributed by atoms with Crippen LogP contribution in [0, 0.1) is 52.8 Å². The molecule has 2 aliphatic rings. The van der Waals surface area contributed by atoms with Gasteiger partial charge in [-0.1, -0.05) is 75.9 Å². The number of halogens is 7. The molecule has 47 heavy (non-hydrogen) atoms. The molecular formula is C39H45F7O. The average molecular weight is 663 g/mol. The second-order valence-corrected chi connectivity index (χ2v) is 13.0. The summed E-state index contributed by atoms with van der Waals surface area (Å²) < 4.78 is 101. The van der Waals surface area contributed by atoms with Crippen molar-refractivity contribution in [3.8, 4) is 16.9 Å². The van der Waals surface area contributed by atoms with Crippen LogP contribution in [0.1, 0.15) is 96.1 Å². The van der Waals surface area contributed by atoms with Crippen molar-refractivity contribution in [2.75, 3.05) is 0 Å². The Kier molecular flexibility index (Phi) is 13.0. The zero-order chi connectivity index (χ0) is 34.1. The first kappa shape index (κ1) is 36.5. The van der Waals surface area contributed by atoms with Gasteiger partial charge in [0.05, 0.1) is 0 Å². The Labute approximate surface area is 274 Å². The van der Waals surface area contributed by atoms with E-state index in [4.69, 9.17) is 0 Å². The van der Waals surface area contributed by atoms with Gasteiger partial charge in [-0.3, -0.25) is 0 Å². The van der Waals surface area contributed by atoms with Gasteiger partial charge in [0.25, 0.3) is 0 Å². The van der Waals surface area contributed by atoms with Gasteiger partial charge >= 0.3 is 6.11 Å². The number of rotatable bonds is 9. The Morgan fingerprint density at radius 2 is 1.23 bits per heavy atom. The van der Waals surface area contributed by atoms with E-state index in [9.17, 15) is 30.7 Å². The Morgan fingerprint density at radius 1 is 0.702 bits per heavy atom. The minimum atomic E-state index is -4.62. The predicted molar refractivity (Wildman–Crippen MR) is 173 cm³/mol. The van der Waals surface area contributed by atoms with E-state index in [1.807, 2.05) is 6.92 Å². The van der Waals surface area contributed by atoms with Crippen molar-refractivity contribution >= 4 is 0 Å². The van der Waals surface area contributed by atoms with Crippen LogP contribution in [0.15, 0.2) is 60.7 Å². The Morgan fingerprint density at radius 3 is 1.72 bits per heavy atom. The number of aryl methyl sites for hydroxylation is 1. The van der Waals surface area contributed by atoms with Crippen molar-refractivity contribution in [3.05, 3.63) is 101 Å². The van der Waals surface area contributed by atoms with Crippen LogP contribution in [0.25, 0.3) is 11.1 Å². The third-order valence-corrected chi connectivity index (χ3v) is 9.77. The summed E-state index contributed by atoms with van der Waals surface area (Å²) >= 11 is 0. The van der Waals surface area contributed by atoms with Gasteiger partial charge in [-0.25, -0.2) is 22.0 Å². The molecular weight excluding hydrogens is 617 g/mol. The van der Waals surface area contributed by atoms with E-state index in [0.717, 1.165) is 35.7 Å². The highest BCUT2D eigenvalue weighted by Crippen LogP contribution is 2.42. The quantitative estimate of drug-likeness (QED) is 0.126. The molecule has 0 spiro atoms. The molecule has 0 heterocycles. The maximum Gasteiger partial charge on any atom is 0.432 e. The van der Waals surface area contributed by atoms with Gasteiger partial charge in [0.1, 0.15) is 22.9 Å². The summed E-state index contributed by atoms with van der Waals surface area (Å²) in [6.07, 6.45) is 15.8. The normalized spacial score (nSPS) is 21.7. The van der Waals surface area contributed by atoms with Crippen LogP contribution in [-0.2, 0) is 12.5 Å². The van der Waals surface area contributed by atoms with E-state index in [2.05, 4.69) is 30.7 Å². The highest BCUT2D eigenvalue weighted by molar-refractivity contribution is 5.64. The van der Waals surface area contributed by atoms with Gasteiger partial charge in [-0.2, -0.15) is 8.78 Å². The molecule has 0 N–H and O–H groups in total. The second-order valence-electron chi connectivity index (χ2n) is 13.0. The number of benzene rings is 3. The number of allylic oxidation sites excluding steroid dienone is 2. The Bertz CT molecular complexity index is 1420. The van der Waals surface area contributed by atoms with Crippen molar-refractivity contribution in [1.29, 1.82) is 0 Å². The first-order valence-corrected chi connectivity index (χ1v) is 16.9. The van der Waals surface area contributed by atoms with E-state index in [0.29, 0.717) is 17.7 Å². The molecule has 0 atom stereocenters. The van der Waals surface area contributed by atoms with Crippen molar-refractivity contribution in [1.82, 2.24) is 0 Å². The zero-order valence-electron chi connectivity index (χ0n) is 27.4. The SMILES string of the molecule is C/C=C/C1CCC(C2CCC(CCC)CC2)CC1.CCc1ccc(-c2cc(F)c(C(F)(F)Oc3cc(F)c(F)c(F)c3)c(F)c2)cc1. The van der Waals surface area contributed by atoms with Crippen LogP contribution >= 0.6 is 0 Å². The third-order valence-electron chi connectivity index (χ3n) is 9.77. The highest BCUT2D eigenvalue weighted by Gasteiger charge is 2.41. The maximum absolute atomic E-state index is 14.4. The largest absolute Gasteiger partial charge is 0.432 e. The molecule has 8 heteroatoms. The molecule has 256 valence electrons. The van der Waals surface area contributed by atoms with Crippen molar-refractivity contribution < 1.29 is 35.5 Å². The summed E-state index contributed by atoms with van der Waals surface area (Å²) in [5, 5.41) is 0. The molecule has 3 aromatic carbocycles. The second kappa shape index (κ2) is 16.7. The summed E-state index contributed by atoms with van der Waals surface area (Å²) in [6.45, 7) is 6.43. The van der Waals surface area contributed by atoms with E-state index in [1.54, 1.807) is 37.1 Å². The van der Waals surface area contributed by atoms with E-state index >= 15 is 0 Å². The van der Waals surface area contributed by atoms with Crippen LogP contribution < -0.4 is 4.74 Å². The van der Waals surface area contributed by atoms with Crippen LogP contribution in [0.3, 0.4) is 0 Å². The minimum Gasteiger partial charge on any atom is -0.429 e. The lowest BCUT2D eigenvalue weighted by Crippen LogP contribution is -2.25. The Hall–Kier alpha value is -3.29. The van der Waals surface area contributed by atoms with E-state index < -0.39 is 46.5 Å². The molecule has 0 bridgehead atoms. The molecule has 0 amide bonds. The molecule has 5 rings (SSSR count). The molecule has 0 radical (unpaired) electrons. The summed E-state index contributed by atoms with van der Waals surface area (Å²) in [5.41, 5.74) is -0.346. The molecule has 0 aliphatic heterocycles. The first-order valence-electron chi connectivity index (χ1n) is 16.9. The molecule has 0 saturated heterocycles. The maximum atomic E-state index is 14.4. The molecule has 3 aromatic rings. The van der Waals surface area contributed by atoms with Crippen LogP contribution in [-0.4, -0.2) is 0 Å². The number of hydrogen-bond acceptors (Lipinski definition) is 1. The van der Waals surface area contributed by atoms with Crippen molar-refractivity contribution in [2.24, 2.45) is 23.7 Å². The number of ether oxygens (including phenoxy) is 1. The minimum absolute atomic E-state index is 0.0149. The lowest BCUT2D eigenvalue weighted by molar-refractivity contribution is -0.189. The van der Waals surface area contributed by atoms with Gasteiger partial charge in [0.15, 0.2) is 17.5 Å². The summed E-state index contributed by atoms with van der Waals surface area (Å²) in [5.74, 6) is -5.70. The highest BCUT2D eigenvalue weighted by atomic mass is 19.3. The smallest absolute Gasteiger partial charge is 0.429 e. The molecule has 0 unspecified atom stereocenters. The molecule has 2 fully saturated rings. The lowest BCUT2D eigenvalue weighted by Gasteiger charge is -2.37. The third kappa shape index (κ3) is 9.64. The molecule has 2 aliphatic carbocycles. The predicted octanol–water partition coefficient (Wildman–Crippen LogP) is 12.7.